The van der Waals surface area contributed by atoms with Gasteiger partial charge in [0.2, 0.25) is 5.91 Å². The molecule has 3 rings (SSSR count). The van der Waals surface area contributed by atoms with E-state index >= 15 is 0 Å². The number of carbonyl (C=O) groups excluding carboxylic acids is 1. The van der Waals surface area contributed by atoms with Crippen LogP contribution < -0.4 is 10.2 Å². The number of carbonyl (C=O) groups is 1. The number of amides is 1. The Balaban J connectivity index is 1.45. The summed E-state index contributed by atoms with van der Waals surface area (Å²) in [5.74, 6) is -0.507. The number of nitrogens with one attached hydrogen (secondary N) is 1. The lowest BCUT2D eigenvalue weighted by atomic mass is 10.1. The molecular formula is C21H25FN2O3. The van der Waals surface area contributed by atoms with Gasteiger partial charge in [-0.2, -0.15) is 0 Å². The van der Waals surface area contributed by atoms with Gasteiger partial charge in [0.1, 0.15) is 5.82 Å². The third-order valence-electron chi connectivity index (χ3n) is 4.73. The molecule has 1 saturated heterocycles. The number of aryl methyl sites for hydroxylation is 1. The minimum Gasteiger partial charge on any atom is -0.387 e. The largest absolute Gasteiger partial charge is 0.387 e. The maximum Gasteiger partial charge on any atom is 0.220 e. The molecule has 0 bridgehead atoms. The molecule has 1 atom stereocenters. The number of rotatable bonds is 7. The van der Waals surface area contributed by atoms with Gasteiger partial charge >= 0.3 is 0 Å². The van der Waals surface area contributed by atoms with E-state index in [1.807, 2.05) is 24.3 Å². The zero-order valence-corrected chi connectivity index (χ0v) is 15.2. The molecule has 2 aromatic carbocycles. The van der Waals surface area contributed by atoms with Crippen molar-refractivity contribution < 1.29 is 19.0 Å². The van der Waals surface area contributed by atoms with Crippen molar-refractivity contribution in [3.63, 3.8) is 0 Å². The van der Waals surface area contributed by atoms with Crippen LogP contribution >= 0.6 is 0 Å². The molecule has 1 aliphatic rings. The third kappa shape index (κ3) is 5.52. The van der Waals surface area contributed by atoms with Gasteiger partial charge < -0.3 is 20.1 Å². The summed E-state index contributed by atoms with van der Waals surface area (Å²) >= 11 is 0. The summed E-state index contributed by atoms with van der Waals surface area (Å²) in [6, 6.07) is 14.1. The van der Waals surface area contributed by atoms with E-state index in [9.17, 15) is 14.3 Å². The van der Waals surface area contributed by atoms with E-state index in [0.29, 0.717) is 12.0 Å². The molecule has 1 amide bonds. The van der Waals surface area contributed by atoms with Crippen molar-refractivity contribution in [3.05, 3.63) is 65.5 Å². The molecule has 1 aliphatic heterocycles. The van der Waals surface area contributed by atoms with E-state index in [4.69, 9.17) is 4.74 Å². The summed E-state index contributed by atoms with van der Waals surface area (Å²) in [5.41, 5.74) is 2.37. The molecule has 0 saturated carbocycles. The van der Waals surface area contributed by atoms with E-state index in [0.717, 1.165) is 37.6 Å². The summed E-state index contributed by atoms with van der Waals surface area (Å²) in [7, 11) is 0. The zero-order valence-electron chi connectivity index (χ0n) is 15.2. The smallest absolute Gasteiger partial charge is 0.220 e. The fourth-order valence-electron chi connectivity index (χ4n) is 3.09. The Bertz CT molecular complexity index is 745. The molecule has 0 radical (unpaired) electrons. The number of aliphatic hydroxyl groups excluding tert-OH is 1. The van der Waals surface area contributed by atoms with Gasteiger partial charge in [-0.1, -0.05) is 30.3 Å². The minimum absolute atomic E-state index is 0.132. The summed E-state index contributed by atoms with van der Waals surface area (Å²) < 4.78 is 18.9. The number of benzene rings is 2. The molecule has 2 aromatic rings. The Labute approximate surface area is 158 Å². The molecule has 0 spiro atoms. The first-order chi connectivity index (χ1) is 13.1. The molecule has 5 nitrogen and oxygen atoms in total. The molecule has 144 valence electrons. The Morgan fingerprint density at radius 1 is 1.15 bits per heavy atom. The number of aliphatic hydroxyl groups is 1. The highest BCUT2D eigenvalue weighted by atomic mass is 19.1. The van der Waals surface area contributed by atoms with Gasteiger partial charge in [0.05, 0.1) is 19.3 Å². The van der Waals surface area contributed by atoms with E-state index in [1.54, 1.807) is 18.2 Å². The van der Waals surface area contributed by atoms with Gasteiger partial charge in [-0.25, -0.2) is 4.39 Å². The maximum absolute atomic E-state index is 13.6. The minimum atomic E-state index is -0.777. The van der Waals surface area contributed by atoms with Gasteiger partial charge in [-0.15, -0.1) is 0 Å². The molecule has 27 heavy (non-hydrogen) atoms. The average Bonchev–Trinajstić information content (AvgIpc) is 2.72. The van der Waals surface area contributed by atoms with Crippen LogP contribution in [0.3, 0.4) is 0 Å². The topological polar surface area (TPSA) is 61.8 Å². The van der Waals surface area contributed by atoms with Crippen LogP contribution in [0.1, 0.15) is 23.7 Å². The van der Waals surface area contributed by atoms with Crippen molar-refractivity contribution in [3.8, 4) is 0 Å². The predicted octanol–water partition coefficient (Wildman–Crippen LogP) is 2.44. The fourth-order valence-corrected chi connectivity index (χ4v) is 3.09. The molecule has 1 fully saturated rings. The van der Waals surface area contributed by atoms with Gasteiger partial charge in [0.25, 0.3) is 0 Å². The quantitative estimate of drug-likeness (QED) is 0.784. The summed E-state index contributed by atoms with van der Waals surface area (Å²) in [5, 5.41) is 13.0. The first kappa shape index (κ1) is 19.3. The van der Waals surface area contributed by atoms with Gasteiger partial charge in [-0.3, -0.25) is 4.79 Å². The van der Waals surface area contributed by atoms with Crippen LogP contribution in [0.15, 0.2) is 48.5 Å². The normalized spacial score (nSPS) is 15.4. The van der Waals surface area contributed by atoms with E-state index < -0.39 is 6.10 Å². The second-order valence-electron chi connectivity index (χ2n) is 6.60. The molecule has 6 heteroatoms. The van der Waals surface area contributed by atoms with Crippen LogP contribution in [0, 0.1) is 5.82 Å². The van der Waals surface area contributed by atoms with Crippen molar-refractivity contribution in [2.45, 2.75) is 18.9 Å². The van der Waals surface area contributed by atoms with Crippen LogP contribution in [0.5, 0.6) is 0 Å². The van der Waals surface area contributed by atoms with Gasteiger partial charge in [0.15, 0.2) is 0 Å². The molecule has 0 aromatic heterocycles. The molecule has 2 N–H and O–H groups in total. The SMILES string of the molecule is O=C(CCc1ccccc1F)NCC(O)c1ccc(N2CCOCC2)cc1. The van der Waals surface area contributed by atoms with E-state index in [1.165, 1.54) is 6.07 Å². The number of anilines is 1. The van der Waals surface area contributed by atoms with Crippen molar-refractivity contribution in [2.75, 3.05) is 37.7 Å². The van der Waals surface area contributed by atoms with Crippen LogP contribution in [0.2, 0.25) is 0 Å². The summed E-state index contributed by atoms with van der Waals surface area (Å²) in [6.07, 6.45) is -0.256. The van der Waals surface area contributed by atoms with Crippen molar-refractivity contribution in [2.24, 2.45) is 0 Å². The lowest BCUT2D eigenvalue weighted by Gasteiger charge is -2.29. The zero-order chi connectivity index (χ0) is 19.1. The highest BCUT2D eigenvalue weighted by Crippen LogP contribution is 2.20. The molecular weight excluding hydrogens is 347 g/mol. The van der Waals surface area contributed by atoms with Crippen LogP contribution in [-0.4, -0.2) is 43.9 Å². The first-order valence-electron chi connectivity index (χ1n) is 9.24. The van der Waals surface area contributed by atoms with Crippen LogP contribution in [0.4, 0.5) is 10.1 Å². The Hall–Kier alpha value is -2.44. The number of hydrogen-bond donors (Lipinski definition) is 2. The molecule has 1 unspecified atom stereocenters. The van der Waals surface area contributed by atoms with Crippen LogP contribution in [0.25, 0.3) is 0 Å². The molecule has 1 heterocycles. The Kier molecular flexibility index (Phi) is 6.79. The third-order valence-corrected chi connectivity index (χ3v) is 4.73. The summed E-state index contributed by atoms with van der Waals surface area (Å²) in [4.78, 5) is 14.2. The lowest BCUT2D eigenvalue weighted by Crippen LogP contribution is -2.36. The monoisotopic (exact) mass is 372 g/mol. The standard InChI is InChI=1S/C21H25FN2O3/c22-19-4-2-1-3-16(19)7-10-21(26)23-15-20(25)17-5-8-18(9-6-17)24-11-13-27-14-12-24/h1-6,8-9,20,25H,7,10-15H2,(H,23,26). The Morgan fingerprint density at radius 3 is 2.56 bits per heavy atom. The molecule has 0 aliphatic carbocycles. The number of hydrogen-bond acceptors (Lipinski definition) is 4. The fraction of sp³-hybridized carbons (Fsp3) is 0.381. The second-order valence-corrected chi connectivity index (χ2v) is 6.60. The van der Waals surface area contributed by atoms with Crippen molar-refractivity contribution >= 4 is 11.6 Å². The number of morpholine rings is 1. The van der Waals surface area contributed by atoms with Crippen LogP contribution in [-0.2, 0) is 16.0 Å². The van der Waals surface area contributed by atoms with E-state index in [2.05, 4.69) is 10.2 Å². The highest BCUT2D eigenvalue weighted by Gasteiger charge is 2.13. The van der Waals surface area contributed by atoms with Crippen molar-refractivity contribution in [1.82, 2.24) is 5.32 Å². The van der Waals surface area contributed by atoms with Gasteiger partial charge in [0, 0.05) is 31.7 Å². The summed E-state index contributed by atoms with van der Waals surface area (Å²) in [6.45, 7) is 3.31. The van der Waals surface area contributed by atoms with Crippen molar-refractivity contribution in [1.29, 1.82) is 0 Å². The predicted molar refractivity (Wildman–Crippen MR) is 102 cm³/mol. The highest BCUT2D eigenvalue weighted by molar-refractivity contribution is 5.76. The lowest BCUT2D eigenvalue weighted by molar-refractivity contribution is -0.121. The number of ether oxygens (including phenoxy) is 1. The maximum atomic E-state index is 13.6. The van der Waals surface area contributed by atoms with E-state index in [-0.39, 0.29) is 24.7 Å². The number of nitrogens with zero attached hydrogens (tertiary/aromatic N) is 1. The first-order valence-corrected chi connectivity index (χ1v) is 9.24. The number of halogens is 1. The van der Waals surface area contributed by atoms with Gasteiger partial charge in [-0.05, 0) is 35.7 Å². The second kappa shape index (κ2) is 9.48. The Morgan fingerprint density at radius 2 is 1.85 bits per heavy atom. The average molecular weight is 372 g/mol.